The first-order chi connectivity index (χ1) is 12.5. The van der Waals surface area contributed by atoms with Gasteiger partial charge in [-0.25, -0.2) is 4.79 Å². The van der Waals surface area contributed by atoms with Gasteiger partial charge in [0.05, 0.1) is 12.6 Å². The molecule has 4 N–H and O–H groups in total. The highest BCUT2D eigenvalue weighted by atomic mass is 35.5. The van der Waals surface area contributed by atoms with E-state index >= 15 is 0 Å². The molecule has 0 saturated carbocycles. The average Bonchev–Trinajstić information content (AvgIpc) is 3.26. The third-order valence-corrected chi connectivity index (χ3v) is 4.31. The van der Waals surface area contributed by atoms with E-state index in [-0.39, 0.29) is 55.7 Å². The van der Waals surface area contributed by atoms with Crippen LogP contribution >= 0.6 is 12.4 Å². The molecule has 2 saturated heterocycles. The van der Waals surface area contributed by atoms with Crippen LogP contribution in [0.2, 0.25) is 0 Å². The minimum absolute atomic E-state index is 0. The van der Waals surface area contributed by atoms with E-state index < -0.39 is 6.03 Å². The summed E-state index contributed by atoms with van der Waals surface area (Å²) in [4.78, 5) is 47.9. The van der Waals surface area contributed by atoms with E-state index in [0.29, 0.717) is 11.4 Å². The van der Waals surface area contributed by atoms with Crippen LogP contribution in [0.1, 0.15) is 19.3 Å². The largest absolute Gasteiger partial charge is 0.329 e. The summed E-state index contributed by atoms with van der Waals surface area (Å²) in [5.41, 5.74) is 1.23. The molecule has 9 nitrogen and oxygen atoms in total. The highest BCUT2D eigenvalue weighted by molar-refractivity contribution is 6.02. The Morgan fingerprint density at radius 1 is 1.11 bits per heavy atom. The molecule has 146 valence electrons. The summed E-state index contributed by atoms with van der Waals surface area (Å²) >= 11 is 0. The van der Waals surface area contributed by atoms with Crippen molar-refractivity contribution < 1.29 is 19.2 Å². The molecule has 1 unspecified atom stereocenters. The Morgan fingerprint density at radius 2 is 1.78 bits per heavy atom. The summed E-state index contributed by atoms with van der Waals surface area (Å²) in [5.74, 6) is -0.697. The van der Waals surface area contributed by atoms with E-state index in [4.69, 9.17) is 0 Å². The van der Waals surface area contributed by atoms with Crippen LogP contribution in [0.15, 0.2) is 24.3 Å². The van der Waals surface area contributed by atoms with E-state index in [9.17, 15) is 19.2 Å². The van der Waals surface area contributed by atoms with E-state index in [1.165, 1.54) is 0 Å². The maximum atomic E-state index is 12.0. The molecule has 0 radical (unpaired) electrons. The van der Waals surface area contributed by atoms with Gasteiger partial charge in [-0.3, -0.25) is 19.3 Å². The molecular formula is C17H22ClN5O4. The number of rotatable bonds is 6. The lowest BCUT2D eigenvalue weighted by atomic mass is 10.2. The van der Waals surface area contributed by atoms with E-state index in [2.05, 4.69) is 21.3 Å². The summed E-state index contributed by atoms with van der Waals surface area (Å²) in [5, 5.41) is 11.1. The number of hydrogen-bond acceptors (Lipinski definition) is 5. The van der Waals surface area contributed by atoms with Gasteiger partial charge in [0, 0.05) is 24.3 Å². The summed E-state index contributed by atoms with van der Waals surface area (Å²) in [7, 11) is 0. The van der Waals surface area contributed by atoms with Crippen molar-refractivity contribution in [2.75, 3.05) is 30.3 Å². The number of imide groups is 1. The molecule has 0 aromatic heterocycles. The number of amides is 5. The molecule has 2 fully saturated rings. The number of nitrogens with one attached hydrogen (secondary N) is 4. The molecule has 0 spiro atoms. The van der Waals surface area contributed by atoms with Crippen molar-refractivity contribution in [3.63, 3.8) is 0 Å². The van der Waals surface area contributed by atoms with Crippen LogP contribution in [-0.2, 0) is 14.4 Å². The van der Waals surface area contributed by atoms with Crippen molar-refractivity contribution in [3.8, 4) is 0 Å². The first kappa shape index (κ1) is 20.7. The van der Waals surface area contributed by atoms with Crippen molar-refractivity contribution in [3.05, 3.63) is 24.3 Å². The molecule has 2 heterocycles. The summed E-state index contributed by atoms with van der Waals surface area (Å²) in [6.45, 7) is 0.872. The van der Waals surface area contributed by atoms with Crippen molar-refractivity contribution >= 4 is 47.5 Å². The molecule has 1 aromatic carbocycles. The van der Waals surface area contributed by atoms with Crippen LogP contribution < -0.4 is 21.3 Å². The van der Waals surface area contributed by atoms with Crippen LogP contribution in [0.4, 0.5) is 16.2 Å². The second-order valence-electron chi connectivity index (χ2n) is 6.22. The number of nitrogens with zero attached hydrogens (tertiary/aromatic N) is 1. The second-order valence-corrected chi connectivity index (χ2v) is 6.22. The van der Waals surface area contributed by atoms with Crippen molar-refractivity contribution in [2.24, 2.45) is 0 Å². The summed E-state index contributed by atoms with van der Waals surface area (Å²) in [6.07, 6.45) is 1.84. The van der Waals surface area contributed by atoms with Crippen LogP contribution in [0.25, 0.3) is 0 Å². The van der Waals surface area contributed by atoms with Crippen LogP contribution in [0.5, 0.6) is 0 Å². The van der Waals surface area contributed by atoms with E-state index in [0.717, 1.165) is 24.3 Å². The maximum absolute atomic E-state index is 12.0. The van der Waals surface area contributed by atoms with Gasteiger partial charge in [-0.1, -0.05) is 0 Å². The second kappa shape index (κ2) is 9.33. The highest BCUT2D eigenvalue weighted by Crippen LogP contribution is 2.15. The number of carbonyl (C=O) groups excluding carboxylic acids is 4. The van der Waals surface area contributed by atoms with Crippen LogP contribution in [0.3, 0.4) is 0 Å². The quantitative estimate of drug-likeness (QED) is 0.528. The topological polar surface area (TPSA) is 120 Å². The maximum Gasteiger partial charge on any atom is 0.324 e. The van der Waals surface area contributed by atoms with Crippen molar-refractivity contribution in [1.29, 1.82) is 0 Å². The first-order valence-corrected chi connectivity index (χ1v) is 8.55. The fourth-order valence-corrected chi connectivity index (χ4v) is 2.89. The molecule has 2 aliphatic rings. The molecule has 3 rings (SSSR count). The molecule has 2 aliphatic heterocycles. The summed E-state index contributed by atoms with van der Waals surface area (Å²) in [6, 6.07) is 6.16. The molecule has 0 aliphatic carbocycles. The van der Waals surface area contributed by atoms with Gasteiger partial charge in [0.2, 0.25) is 17.7 Å². The zero-order valence-electron chi connectivity index (χ0n) is 14.6. The van der Waals surface area contributed by atoms with Gasteiger partial charge in [0.1, 0.15) is 0 Å². The molecule has 1 aromatic rings. The fourth-order valence-electron chi connectivity index (χ4n) is 2.89. The van der Waals surface area contributed by atoms with Gasteiger partial charge >= 0.3 is 6.03 Å². The van der Waals surface area contributed by atoms with Gasteiger partial charge in [-0.2, -0.15) is 0 Å². The monoisotopic (exact) mass is 395 g/mol. The van der Waals surface area contributed by atoms with E-state index in [1.807, 2.05) is 0 Å². The average molecular weight is 396 g/mol. The number of anilines is 2. The highest BCUT2D eigenvalue weighted by Gasteiger charge is 2.28. The van der Waals surface area contributed by atoms with Gasteiger partial charge in [-0.15, -0.1) is 12.4 Å². The fraction of sp³-hybridized carbons (Fsp3) is 0.412. The lowest BCUT2D eigenvalue weighted by Crippen LogP contribution is -2.35. The third-order valence-electron chi connectivity index (χ3n) is 4.31. The number of benzene rings is 1. The summed E-state index contributed by atoms with van der Waals surface area (Å²) < 4.78 is 0. The SMILES string of the molecule is Cl.O=C(CCN1C(=O)CNC1=O)Nc1ccc(NC(=O)C2CCCN2)cc1. The minimum atomic E-state index is -0.473. The number of carbonyl (C=O) groups is 4. The standard InChI is InChI=1S/C17H21N5O4.ClH/c23-14(7-9-22-15(24)10-19-17(22)26)20-11-3-5-12(6-4-11)21-16(25)13-2-1-8-18-13;/h3-6,13,18H,1-2,7-10H2,(H,19,26)(H,20,23)(H,21,25);1H. The zero-order chi connectivity index (χ0) is 18.5. The third kappa shape index (κ3) is 5.41. The predicted octanol–water partition coefficient (Wildman–Crippen LogP) is 0.679. The molecular weight excluding hydrogens is 374 g/mol. The Labute approximate surface area is 162 Å². The Balaban J connectivity index is 0.00000261. The molecule has 10 heteroatoms. The lowest BCUT2D eigenvalue weighted by Gasteiger charge is -2.13. The van der Waals surface area contributed by atoms with Crippen LogP contribution in [0, 0.1) is 0 Å². The molecule has 0 bridgehead atoms. The smallest absolute Gasteiger partial charge is 0.324 e. The molecule has 5 amide bonds. The number of hydrogen-bond donors (Lipinski definition) is 4. The van der Waals surface area contributed by atoms with Gasteiger partial charge < -0.3 is 21.3 Å². The van der Waals surface area contributed by atoms with E-state index in [1.54, 1.807) is 24.3 Å². The Hall–Kier alpha value is -2.65. The number of halogens is 1. The zero-order valence-corrected chi connectivity index (χ0v) is 15.4. The molecule has 27 heavy (non-hydrogen) atoms. The lowest BCUT2D eigenvalue weighted by molar-refractivity contribution is -0.125. The first-order valence-electron chi connectivity index (χ1n) is 8.55. The Bertz CT molecular complexity index is 703. The van der Waals surface area contributed by atoms with Gasteiger partial charge in [0.15, 0.2) is 0 Å². The number of urea groups is 1. The van der Waals surface area contributed by atoms with Crippen LogP contribution in [-0.4, -0.2) is 54.3 Å². The van der Waals surface area contributed by atoms with Gasteiger partial charge in [-0.05, 0) is 43.7 Å². The van der Waals surface area contributed by atoms with Gasteiger partial charge in [0.25, 0.3) is 0 Å². The Kier molecular flexibility index (Phi) is 7.14. The Morgan fingerprint density at radius 3 is 2.33 bits per heavy atom. The molecule has 1 atom stereocenters. The van der Waals surface area contributed by atoms with Crippen molar-refractivity contribution in [2.45, 2.75) is 25.3 Å². The normalized spacial score (nSPS) is 18.7. The van der Waals surface area contributed by atoms with Crippen molar-refractivity contribution in [1.82, 2.24) is 15.5 Å². The minimum Gasteiger partial charge on any atom is -0.329 e. The predicted molar refractivity (Wildman–Crippen MR) is 102 cm³/mol.